The summed E-state index contributed by atoms with van der Waals surface area (Å²) in [4.78, 5) is 2.35. The summed E-state index contributed by atoms with van der Waals surface area (Å²) in [5, 5.41) is 0. The minimum atomic E-state index is 0.457. The van der Waals surface area contributed by atoms with Crippen LogP contribution in [-0.2, 0) is 0 Å². The van der Waals surface area contributed by atoms with Crippen LogP contribution in [0.1, 0.15) is 24.0 Å². The molecular weight excluding hydrogens is 196 g/mol. The van der Waals surface area contributed by atoms with E-state index < -0.39 is 0 Å². The van der Waals surface area contributed by atoms with Gasteiger partial charge in [0.25, 0.3) is 0 Å². The highest BCUT2D eigenvalue weighted by Gasteiger charge is 2.26. The molecule has 2 nitrogen and oxygen atoms in total. The Morgan fingerprint density at radius 2 is 1.94 bits per heavy atom. The van der Waals surface area contributed by atoms with Gasteiger partial charge in [-0.25, -0.2) is 0 Å². The average Bonchev–Trinajstić information content (AvgIpc) is 2.19. The second kappa shape index (κ2) is 4.46. The highest BCUT2D eigenvalue weighted by Crippen LogP contribution is 2.28. The van der Waals surface area contributed by atoms with E-state index >= 15 is 0 Å². The molecule has 2 heteroatoms. The number of benzene rings is 1. The first-order valence-corrected chi connectivity index (χ1v) is 6.10. The van der Waals surface area contributed by atoms with Crippen LogP contribution in [0.4, 0.5) is 5.69 Å². The Kier molecular flexibility index (Phi) is 3.20. The first-order valence-electron chi connectivity index (χ1n) is 6.10. The monoisotopic (exact) mass is 218 g/mol. The first kappa shape index (κ1) is 11.5. The van der Waals surface area contributed by atoms with Crippen molar-refractivity contribution in [1.29, 1.82) is 0 Å². The fraction of sp³-hybridized carbons (Fsp3) is 0.571. The maximum atomic E-state index is 5.81. The zero-order valence-electron chi connectivity index (χ0n) is 10.5. The molecule has 1 aromatic carbocycles. The fourth-order valence-corrected chi connectivity index (χ4v) is 2.39. The van der Waals surface area contributed by atoms with Crippen molar-refractivity contribution in [2.75, 3.05) is 18.5 Å². The lowest BCUT2D eigenvalue weighted by Gasteiger charge is -2.36. The van der Waals surface area contributed by atoms with E-state index in [0.717, 1.165) is 12.5 Å². The Hall–Kier alpha value is -1.02. The van der Waals surface area contributed by atoms with Gasteiger partial charge in [0.15, 0.2) is 0 Å². The molecule has 0 unspecified atom stereocenters. The summed E-state index contributed by atoms with van der Waals surface area (Å²) in [6.45, 7) is 5.46. The molecule has 0 heterocycles. The summed E-state index contributed by atoms with van der Waals surface area (Å²) in [6.07, 6.45) is 2.38. The second-order valence-corrected chi connectivity index (χ2v) is 5.25. The van der Waals surface area contributed by atoms with Crippen molar-refractivity contribution in [2.24, 2.45) is 11.7 Å². The number of hydrogen-bond donors (Lipinski definition) is 1. The van der Waals surface area contributed by atoms with Gasteiger partial charge in [0.2, 0.25) is 0 Å². The molecule has 2 rings (SSSR count). The van der Waals surface area contributed by atoms with Crippen LogP contribution >= 0.6 is 0 Å². The normalized spacial score (nSPS) is 24.0. The molecule has 1 aliphatic carbocycles. The van der Waals surface area contributed by atoms with E-state index in [-0.39, 0.29) is 0 Å². The van der Waals surface area contributed by atoms with Crippen LogP contribution in [-0.4, -0.2) is 19.6 Å². The zero-order valence-corrected chi connectivity index (χ0v) is 10.5. The average molecular weight is 218 g/mol. The van der Waals surface area contributed by atoms with Crippen LogP contribution in [0.5, 0.6) is 0 Å². The van der Waals surface area contributed by atoms with Crippen LogP contribution in [0.3, 0.4) is 0 Å². The third-order valence-electron chi connectivity index (χ3n) is 3.74. The van der Waals surface area contributed by atoms with Gasteiger partial charge in [0.05, 0.1) is 0 Å². The highest BCUT2D eigenvalue weighted by molar-refractivity contribution is 5.50. The molecule has 0 atom stereocenters. The summed E-state index contributed by atoms with van der Waals surface area (Å²) in [6, 6.07) is 7.14. The fourth-order valence-electron chi connectivity index (χ4n) is 2.39. The summed E-state index contributed by atoms with van der Waals surface area (Å²) in [7, 11) is 2.17. The van der Waals surface area contributed by atoms with E-state index in [2.05, 4.69) is 44.0 Å². The lowest BCUT2D eigenvalue weighted by molar-refractivity contribution is 0.271. The van der Waals surface area contributed by atoms with Gasteiger partial charge in [-0.15, -0.1) is 0 Å². The Bertz CT molecular complexity index is 367. The third-order valence-corrected chi connectivity index (χ3v) is 3.74. The van der Waals surface area contributed by atoms with Crippen molar-refractivity contribution in [3.05, 3.63) is 29.3 Å². The summed E-state index contributed by atoms with van der Waals surface area (Å²) >= 11 is 0. The molecular formula is C14H22N2. The summed E-state index contributed by atoms with van der Waals surface area (Å²) in [5.41, 5.74) is 9.87. The molecule has 2 N–H and O–H groups in total. The topological polar surface area (TPSA) is 29.3 Å². The largest absolute Gasteiger partial charge is 0.374 e. The Morgan fingerprint density at radius 1 is 1.25 bits per heavy atom. The first-order chi connectivity index (χ1) is 7.56. The number of hydrogen-bond acceptors (Lipinski definition) is 2. The van der Waals surface area contributed by atoms with Crippen LogP contribution < -0.4 is 10.6 Å². The Morgan fingerprint density at radius 3 is 2.50 bits per heavy atom. The third kappa shape index (κ3) is 2.38. The van der Waals surface area contributed by atoms with Crippen molar-refractivity contribution in [1.82, 2.24) is 0 Å². The highest BCUT2D eigenvalue weighted by atomic mass is 15.1. The number of aryl methyl sites for hydroxylation is 2. The van der Waals surface area contributed by atoms with Crippen molar-refractivity contribution in [2.45, 2.75) is 32.7 Å². The SMILES string of the molecule is Cc1ccc(N(C)CC2CC(N)C2)cc1C. The van der Waals surface area contributed by atoms with E-state index in [1.807, 2.05) is 0 Å². The lowest BCUT2D eigenvalue weighted by atomic mass is 9.80. The molecule has 0 radical (unpaired) electrons. The van der Waals surface area contributed by atoms with Crippen LogP contribution in [0, 0.1) is 19.8 Å². The van der Waals surface area contributed by atoms with Crippen molar-refractivity contribution in [3.8, 4) is 0 Å². The molecule has 1 saturated carbocycles. The van der Waals surface area contributed by atoms with Gasteiger partial charge >= 0.3 is 0 Å². The number of anilines is 1. The second-order valence-electron chi connectivity index (χ2n) is 5.25. The number of rotatable bonds is 3. The molecule has 1 aliphatic rings. The van der Waals surface area contributed by atoms with Crippen molar-refractivity contribution >= 4 is 5.69 Å². The van der Waals surface area contributed by atoms with Crippen LogP contribution in [0.25, 0.3) is 0 Å². The maximum absolute atomic E-state index is 5.81. The summed E-state index contributed by atoms with van der Waals surface area (Å²) < 4.78 is 0. The van der Waals surface area contributed by atoms with E-state index in [4.69, 9.17) is 5.73 Å². The lowest BCUT2D eigenvalue weighted by Crippen LogP contribution is -2.41. The minimum Gasteiger partial charge on any atom is -0.374 e. The van der Waals surface area contributed by atoms with Gasteiger partial charge in [-0.3, -0.25) is 0 Å². The quantitative estimate of drug-likeness (QED) is 0.844. The van der Waals surface area contributed by atoms with Crippen molar-refractivity contribution < 1.29 is 0 Å². The Balaban J connectivity index is 1.97. The van der Waals surface area contributed by atoms with E-state index in [0.29, 0.717) is 6.04 Å². The van der Waals surface area contributed by atoms with Gasteiger partial charge in [0.1, 0.15) is 0 Å². The molecule has 0 saturated heterocycles. The van der Waals surface area contributed by atoms with Crippen molar-refractivity contribution in [3.63, 3.8) is 0 Å². The minimum absolute atomic E-state index is 0.457. The maximum Gasteiger partial charge on any atom is 0.0366 e. The molecule has 88 valence electrons. The summed E-state index contributed by atoms with van der Waals surface area (Å²) in [5.74, 6) is 0.793. The predicted octanol–water partition coefficient (Wildman–Crippen LogP) is 2.48. The molecule has 0 amide bonds. The van der Waals surface area contributed by atoms with Gasteiger partial charge in [-0.2, -0.15) is 0 Å². The molecule has 0 aromatic heterocycles. The molecule has 0 bridgehead atoms. The number of nitrogens with zero attached hydrogens (tertiary/aromatic N) is 1. The smallest absolute Gasteiger partial charge is 0.0366 e. The van der Waals surface area contributed by atoms with Gasteiger partial charge in [-0.1, -0.05) is 6.07 Å². The van der Waals surface area contributed by atoms with Gasteiger partial charge < -0.3 is 10.6 Å². The van der Waals surface area contributed by atoms with Gasteiger partial charge in [0, 0.05) is 25.3 Å². The van der Waals surface area contributed by atoms with Crippen LogP contribution in [0.2, 0.25) is 0 Å². The molecule has 1 aromatic rings. The number of nitrogens with two attached hydrogens (primary N) is 1. The molecule has 16 heavy (non-hydrogen) atoms. The molecule has 1 fully saturated rings. The van der Waals surface area contributed by atoms with E-state index in [1.54, 1.807) is 0 Å². The van der Waals surface area contributed by atoms with Crippen LogP contribution in [0.15, 0.2) is 18.2 Å². The predicted molar refractivity (Wildman–Crippen MR) is 69.9 cm³/mol. The Labute approximate surface area is 98.4 Å². The van der Waals surface area contributed by atoms with E-state index in [1.165, 1.54) is 29.7 Å². The van der Waals surface area contributed by atoms with E-state index in [9.17, 15) is 0 Å². The van der Waals surface area contributed by atoms with Gasteiger partial charge in [-0.05, 0) is 55.9 Å². The molecule has 0 spiro atoms. The zero-order chi connectivity index (χ0) is 11.7. The standard InChI is InChI=1S/C14H22N2/c1-10-4-5-14(6-11(10)2)16(3)9-12-7-13(15)8-12/h4-6,12-13H,7-9,15H2,1-3H3. The molecule has 0 aliphatic heterocycles.